The van der Waals surface area contributed by atoms with Gasteiger partial charge in [0.1, 0.15) is 6.04 Å². The summed E-state index contributed by atoms with van der Waals surface area (Å²) in [6.07, 6.45) is 3.21. The van der Waals surface area contributed by atoms with Crippen molar-refractivity contribution in [1.82, 2.24) is 4.90 Å². The molecule has 4 nitrogen and oxygen atoms in total. The number of carbonyl (C=O) groups is 2. The highest BCUT2D eigenvalue weighted by molar-refractivity contribution is 5.86. The summed E-state index contributed by atoms with van der Waals surface area (Å²) in [5.41, 5.74) is 0. The summed E-state index contributed by atoms with van der Waals surface area (Å²) in [4.78, 5) is 25.6. The molecule has 1 aliphatic rings. The van der Waals surface area contributed by atoms with Gasteiger partial charge in [0.2, 0.25) is 5.91 Å². The molecule has 0 unspecified atom stereocenters. The van der Waals surface area contributed by atoms with Gasteiger partial charge in [-0.3, -0.25) is 4.79 Å². The number of ether oxygens (including phenoxy) is 1. The summed E-state index contributed by atoms with van der Waals surface area (Å²) in [5.74, 6) is 0.238. The predicted octanol–water partition coefficient (Wildman–Crippen LogP) is 2.37. The van der Waals surface area contributed by atoms with Crippen LogP contribution in [-0.4, -0.2) is 35.5 Å². The van der Waals surface area contributed by atoms with E-state index in [0.717, 1.165) is 12.8 Å². The van der Waals surface area contributed by atoms with Crippen molar-refractivity contribution in [3.63, 3.8) is 0 Å². The van der Waals surface area contributed by atoms with Gasteiger partial charge in [0, 0.05) is 13.0 Å². The normalized spacial score (nSPS) is 21.5. The Morgan fingerprint density at radius 1 is 1.44 bits per heavy atom. The van der Waals surface area contributed by atoms with Crippen LogP contribution in [0, 0.1) is 5.92 Å². The minimum absolute atomic E-state index is 0.0982. The molecule has 1 aliphatic heterocycles. The summed E-state index contributed by atoms with van der Waals surface area (Å²) in [6, 6.07) is -0.401. The molecule has 0 aliphatic carbocycles. The molecule has 0 radical (unpaired) electrons. The lowest BCUT2D eigenvalue weighted by Gasteiger charge is -2.26. The number of amides is 1. The van der Waals surface area contributed by atoms with E-state index in [-0.39, 0.29) is 18.0 Å². The molecule has 0 aromatic rings. The SMILES string of the molecule is CCC[C@@H]1CC(=O)N([C@@H](CC)C(=O)OC(C)C)C1. The number of hydrogen-bond donors (Lipinski definition) is 0. The van der Waals surface area contributed by atoms with Gasteiger partial charge in [-0.2, -0.15) is 0 Å². The zero-order chi connectivity index (χ0) is 13.7. The highest BCUT2D eigenvalue weighted by Gasteiger charge is 2.37. The fourth-order valence-corrected chi connectivity index (χ4v) is 2.54. The van der Waals surface area contributed by atoms with E-state index in [0.29, 0.717) is 25.3 Å². The molecule has 0 aromatic heterocycles. The molecule has 104 valence electrons. The van der Waals surface area contributed by atoms with Crippen molar-refractivity contribution in [3.05, 3.63) is 0 Å². The molecule has 1 rings (SSSR count). The van der Waals surface area contributed by atoms with Gasteiger partial charge < -0.3 is 9.64 Å². The van der Waals surface area contributed by atoms with Gasteiger partial charge in [0.25, 0.3) is 0 Å². The van der Waals surface area contributed by atoms with Gasteiger partial charge >= 0.3 is 5.97 Å². The minimum atomic E-state index is -0.401. The van der Waals surface area contributed by atoms with Crippen LogP contribution in [0.4, 0.5) is 0 Å². The first kappa shape index (κ1) is 15.0. The summed E-state index contributed by atoms with van der Waals surface area (Å²) < 4.78 is 5.23. The standard InChI is InChI=1S/C14H25NO3/c1-5-7-11-8-13(16)15(9-11)12(6-2)14(17)18-10(3)4/h10-12H,5-9H2,1-4H3/t11-,12+/m1/s1. The zero-order valence-electron chi connectivity index (χ0n) is 11.9. The summed E-state index contributed by atoms with van der Waals surface area (Å²) in [7, 11) is 0. The fourth-order valence-electron chi connectivity index (χ4n) is 2.54. The van der Waals surface area contributed by atoms with E-state index in [1.807, 2.05) is 20.8 Å². The molecule has 0 spiro atoms. The van der Waals surface area contributed by atoms with Crippen LogP contribution < -0.4 is 0 Å². The summed E-state index contributed by atoms with van der Waals surface area (Å²) in [6.45, 7) is 8.41. The van der Waals surface area contributed by atoms with E-state index < -0.39 is 6.04 Å². The first-order valence-electron chi connectivity index (χ1n) is 6.99. The van der Waals surface area contributed by atoms with Crippen LogP contribution in [0.1, 0.15) is 53.4 Å². The maximum absolute atomic E-state index is 12.0. The van der Waals surface area contributed by atoms with E-state index in [9.17, 15) is 9.59 Å². The number of hydrogen-bond acceptors (Lipinski definition) is 3. The molecule has 1 heterocycles. The smallest absolute Gasteiger partial charge is 0.329 e. The molecule has 2 atom stereocenters. The van der Waals surface area contributed by atoms with Crippen molar-refractivity contribution in [1.29, 1.82) is 0 Å². The molecule has 18 heavy (non-hydrogen) atoms. The molecule has 1 fully saturated rings. The number of nitrogens with zero attached hydrogens (tertiary/aromatic N) is 1. The predicted molar refractivity (Wildman–Crippen MR) is 70.0 cm³/mol. The average Bonchev–Trinajstić information content (AvgIpc) is 2.60. The van der Waals surface area contributed by atoms with Gasteiger partial charge in [-0.05, 0) is 32.6 Å². The topological polar surface area (TPSA) is 46.6 Å². The Morgan fingerprint density at radius 2 is 2.11 bits per heavy atom. The van der Waals surface area contributed by atoms with Crippen molar-refractivity contribution < 1.29 is 14.3 Å². The quantitative estimate of drug-likeness (QED) is 0.684. The van der Waals surface area contributed by atoms with Crippen molar-refractivity contribution in [2.75, 3.05) is 6.54 Å². The van der Waals surface area contributed by atoms with Crippen molar-refractivity contribution in [2.24, 2.45) is 5.92 Å². The van der Waals surface area contributed by atoms with Crippen LogP contribution in [0.5, 0.6) is 0 Å². The first-order chi connectivity index (χ1) is 8.49. The van der Waals surface area contributed by atoms with E-state index in [2.05, 4.69) is 6.92 Å². The van der Waals surface area contributed by atoms with Gasteiger partial charge in [-0.25, -0.2) is 4.79 Å². The van der Waals surface area contributed by atoms with Crippen molar-refractivity contribution in [2.45, 2.75) is 65.5 Å². The van der Waals surface area contributed by atoms with Gasteiger partial charge in [-0.15, -0.1) is 0 Å². The van der Waals surface area contributed by atoms with Crippen LogP contribution in [-0.2, 0) is 14.3 Å². The Labute approximate surface area is 110 Å². The maximum Gasteiger partial charge on any atom is 0.329 e. The first-order valence-corrected chi connectivity index (χ1v) is 6.99. The van der Waals surface area contributed by atoms with Crippen molar-refractivity contribution in [3.8, 4) is 0 Å². The second kappa shape index (κ2) is 6.76. The molecule has 0 N–H and O–H groups in total. The number of esters is 1. The van der Waals surface area contributed by atoms with Crippen LogP contribution in [0.2, 0.25) is 0 Å². The third kappa shape index (κ3) is 3.72. The second-order valence-corrected chi connectivity index (χ2v) is 5.31. The number of likely N-dealkylation sites (tertiary alicyclic amines) is 1. The Hall–Kier alpha value is -1.06. The molecule has 4 heteroatoms. The molecule has 1 saturated heterocycles. The van der Waals surface area contributed by atoms with Crippen LogP contribution in [0.15, 0.2) is 0 Å². The lowest BCUT2D eigenvalue weighted by molar-refractivity contribution is -0.157. The highest BCUT2D eigenvalue weighted by Crippen LogP contribution is 2.25. The van der Waals surface area contributed by atoms with E-state index in [4.69, 9.17) is 4.74 Å². The van der Waals surface area contributed by atoms with Crippen LogP contribution in [0.3, 0.4) is 0 Å². The molecule has 0 saturated carbocycles. The fraction of sp³-hybridized carbons (Fsp3) is 0.857. The summed E-state index contributed by atoms with van der Waals surface area (Å²) in [5, 5.41) is 0. The van der Waals surface area contributed by atoms with E-state index in [1.54, 1.807) is 4.90 Å². The monoisotopic (exact) mass is 255 g/mol. The molecular weight excluding hydrogens is 230 g/mol. The van der Waals surface area contributed by atoms with Gasteiger partial charge in [0.15, 0.2) is 0 Å². The molecule has 0 aromatic carbocycles. The minimum Gasteiger partial charge on any atom is -0.461 e. The number of carbonyl (C=O) groups excluding carboxylic acids is 2. The third-order valence-electron chi connectivity index (χ3n) is 3.32. The Kier molecular flexibility index (Phi) is 5.63. The van der Waals surface area contributed by atoms with E-state index in [1.165, 1.54) is 0 Å². The van der Waals surface area contributed by atoms with Crippen molar-refractivity contribution >= 4 is 11.9 Å². The Bertz CT molecular complexity index is 301. The largest absolute Gasteiger partial charge is 0.461 e. The second-order valence-electron chi connectivity index (χ2n) is 5.31. The maximum atomic E-state index is 12.0. The Morgan fingerprint density at radius 3 is 2.61 bits per heavy atom. The van der Waals surface area contributed by atoms with Gasteiger partial charge in [0.05, 0.1) is 6.10 Å². The lowest BCUT2D eigenvalue weighted by Crippen LogP contribution is -2.43. The Balaban J connectivity index is 2.65. The molecular formula is C14H25NO3. The highest BCUT2D eigenvalue weighted by atomic mass is 16.5. The molecule has 0 bridgehead atoms. The summed E-state index contributed by atoms with van der Waals surface area (Å²) >= 11 is 0. The van der Waals surface area contributed by atoms with Crippen LogP contribution >= 0.6 is 0 Å². The van der Waals surface area contributed by atoms with E-state index >= 15 is 0 Å². The molecule has 1 amide bonds. The number of rotatable bonds is 6. The average molecular weight is 255 g/mol. The van der Waals surface area contributed by atoms with Crippen LogP contribution in [0.25, 0.3) is 0 Å². The van der Waals surface area contributed by atoms with Gasteiger partial charge in [-0.1, -0.05) is 20.3 Å². The third-order valence-corrected chi connectivity index (χ3v) is 3.32. The zero-order valence-corrected chi connectivity index (χ0v) is 11.9. The lowest BCUT2D eigenvalue weighted by atomic mass is 10.0.